The van der Waals surface area contributed by atoms with Crippen LogP contribution in [0.1, 0.15) is 17.3 Å². The predicted molar refractivity (Wildman–Crippen MR) is 101 cm³/mol. The monoisotopic (exact) mass is 367 g/mol. The van der Waals surface area contributed by atoms with Crippen LogP contribution in [0.2, 0.25) is 0 Å². The summed E-state index contributed by atoms with van der Waals surface area (Å²) in [6.07, 6.45) is 0. The molecular formula is C20H21N3O4. The average molecular weight is 367 g/mol. The molecule has 0 saturated carbocycles. The third-order valence-electron chi connectivity index (χ3n) is 4.97. The van der Waals surface area contributed by atoms with Gasteiger partial charge in [0.05, 0.1) is 17.3 Å². The number of nitrogens with zero attached hydrogens (tertiary/aromatic N) is 2. The molecule has 2 aromatic rings. The number of rotatable bonds is 3. The molecule has 0 saturated heterocycles. The normalized spacial score (nSPS) is 19.1. The van der Waals surface area contributed by atoms with Gasteiger partial charge in [0.1, 0.15) is 0 Å². The maximum Gasteiger partial charge on any atom is 0.258 e. The minimum absolute atomic E-state index is 0.177. The first-order valence-corrected chi connectivity index (χ1v) is 8.51. The van der Waals surface area contributed by atoms with E-state index in [1.807, 2.05) is 0 Å². The van der Waals surface area contributed by atoms with Crippen LogP contribution in [0.3, 0.4) is 0 Å². The van der Waals surface area contributed by atoms with Gasteiger partial charge in [-0.05, 0) is 31.2 Å². The van der Waals surface area contributed by atoms with E-state index in [1.165, 1.54) is 16.7 Å². The van der Waals surface area contributed by atoms with Gasteiger partial charge in [-0.3, -0.25) is 14.4 Å². The molecule has 0 aliphatic carbocycles. The third kappa shape index (κ3) is 3.17. The summed E-state index contributed by atoms with van der Waals surface area (Å²) in [6, 6.07) is 15.6. The van der Waals surface area contributed by atoms with Gasteiger partial charge in [0, 0.05) is 19.2 Å². The molecule has 1 heterocycles. The van der Waals surface area contributed by atoms with Crippen LogP contribution in [-0.2, 0) is 9.59 Å². The molecule has 0 bridgehead atoms. The zero-order valence-electron chi connectivity index (χ0n) is 15.1. The van der Waals surface area contributed by atoms with Crippen molar-refractivity contribution in [3.63, 3.8) is 0 Å². The summed E-state index contributed by atoms with van der Waals surface area (Å²) in [4.78, 5) is 40.7. The highest BCUT2D eigenvalue weighted by molar-refractivity contribution is 6.12. The third-order valence-corrected chi connectivity index (χ3v) is 4.97. The molecule has 7 heteroatoms. The van der Waals surface area contributed by atoms with Gasteiger partial charge in [-0.2, -0.15) is 0 Å². The van der Waals surface area contributed by atoms with Crippen LogP contribution in [0.15, 0.2) is 54.6 Å². The first-order valence-electron chi connectivity index (χ1n) is 8.51. The van der Waals surface area contributed by atoms with Crippen molar-refractivity contribution in [3.8, 4) is 0 Å². The molecule has 7 nitrogen and oxygen atoms in total. The molecule has 1 aliphatic heterocycles. The summed E-state index contributed by atoms with van der Waals surface area (Å²) >= 11 is 0. The van der Waals surface area contributed by atoms with Gasteiger partial charge in [0.15, 0.2) is 5.60 Å². The Bertz CT molecular complexity index is 895. The highest BCUT2D eigenvalue weighted by Crippen LogP contribution is 2.36. The van der Waals surface area contributed by atoms with Gasteiger partial charge in [0.2, 0.25) is 11.8 Å². The summed E-state index contributed by atoms with van der Waals surface area (Å²) in [6.45, 7) is 1.02. The fourth-order valence-corrected chi connectivity index (χ4v) is 3.21. The van der Waals surface area contributed by atoms with Gasteiger partial charge < -0.3 is 20.6 Å². The molecule has 0 fully saturated rings. The Balaban J connectivity index is 2.15. The molecule has 1 aliphatic rings. The lowest BCUT2D eigenvalue weighted by molar-refractivity contribution is -0.146. The van der Waals surface area contributed by atoms with E-state index in [0.29, 0.717) is 16.9 Å². The second-order valence-corrected chi connectivity index (χ2v) is 6.73. The number of nitrogens with two attached hydrogens (primary N) is 1. The number of para-hydroxylation sites is 2. The molecule has 0 aromatic heterocycles. The summed E-state index contributed by atoms with van der Waals surface area (Å²) in [5.41, 5.74) is 4.69. The van der Waals surface area contributed by atoms with E-state index in [-0.39, 0.29) is 12.5 Å². The molecule has 3 N–H and O–H groups in total. The molecule has 0 radical (unpaired) electrons. The maximum absolute atomic E-state index is 13.2. The van der Waals surface area contributed by atoms with Crippen molar-refractivity contribution in [2.75, 3.05) is 23.4 Å². The van der Waals surface area contributed by atoms with Crippen LogP contribution in [0.25, 0.3) is 0 Å². The van der Waals surface area contributed by atoms with Gasteiger partial charge in [-0.25, -0.2) is 0 Å². The van der Waals surface area contributed by atoms with Crippen LogP contribution in [0.4, 0.5) is 11.4 Å². The summed E-state index contributed by atoms with van der Waals surface area (Å²) in [5.74, 6) is -3.06. The minimum atomic E-state index is -2.11. The van der Waals surface area contributed by atoms with Crippen molar-refractivity contribution in [2.24, 2.45) is 11.7 Å². The maximum atomic E-state index is 13.2. The standard InChI is InChI=1S/C20H21N3O4/c1-20(27,19(21)26)14-12-23(17(24)13-8-4-3-5-9-13)16-11-7-6-10-15(16)22(2)18(14)25/h3-11,14,27H,12H2,1-2H3,(H2,21,26)/t14-,20+/m1/s1. The van der Waals surface area contributed by atoms with E-state index in [4.69, 9.17) is 5.73 Å². The number of anilines is 2. The number of hydrogen-bond donors (Lipinski definition) is 2. The highest BCUT2D eigenvalue weighted by atomic mass is 16.3. The van der Waals surface area contributed by atoms with E-state index in [1.54, 1.807) is 61.6 Å². The zero-order chi connectivity index (χ0) is 19.8. The molecule has 2 aromatic carbocycles. The Hall–Kier alpha value is -3.19. The Labute approximate surface area is 157 Å². The number of carbonyl (C=O) groups excluding carboxylic acids is 3. The number of benzene rings is 2. The van der Waals surface area contributed by atoms with Crippen LogP contribution in [0, 0.1) is 5.92 Å². The number of carbonyl (C=O) groups is 3. The topological polar surface area (TPSA) is 104 Å². The van der Waals surface area contributed by atoms with E-state index >= 15 is 0 Å². The predicted octanol–water partition coefficient (Wildman–Crippen LogP) is 1.16. The Kier molecular flexibility index (Phi) is 4.72. The molecule has 140 valence electrons. The van der Waals surface area contributed by atoms with Gasteiger partial charge in [-0.15, -0.1) is 0 Å². The average Bonchev–Trinajstić information content (AvgIpc) is 2.78. The second-order valence-electron chi connectivity index (χ2n) is 6.73. The lowest BCUT2D eigenvalue weighted by Crippen LogP contribution is -2.56. The van der Waals surface area contributed by atoms with Crippen molar-refractivity contribution in [1.82, 2.24) is 0 Å². The number of hydrogen-bond acceptors (Lipinski definition) is 4. The minimum Gasteiger partial charge on any atom is -0.379 e. The molecule has 2 atom stereocenters. The highest BCUT2D eigenvalue weighted by Gasteiger charge is 2.47. The van der Waals surface area contributed by atoms with Crippen molar-refractivity contribution in [3.05, 3.63) is 60.2 Å². The lowest BCUT2D eigenvalue weighted by atomic mass is 9.86. The zero-order valence-corrected chi connectivity index (χ0v) is 15.1. The fourth-order valence-electron chi connectivity index (χ4n) is 3.21. The van der Waals surface area contributed by atoms with Crippen molar-refractivity contribution in [2.45, 2.75) is 12.5 Å². The van der Waals surface area contributed by atoms with Gasteiger partial charge >= 0.3 is 0 Å². The van der Waals surface area contributed by atoms with Crippen molar-refractivity contribution in [1.29, 1.82) is 0 Å². The van der Waals surface area contributed by atoms with E-state index in [9.17, 15) is 19.5 Å². The number of amides is 3. The molecule has 0 spiro atoms. The van der Waals surface area contributed by atoms with Crippen LogP contribution in [-0.4, -0.2) is 42.0 Å². The SMILES string of the molecule is CN1C(=O)[C@H]([C@](C)(O)C(N)=O)CN(C(=O)c2ccccc2)c2ccccc21. The van der Waals surface area contributed by atoms with Crippen molar-refractivity contribution >= 4 is 29.1 Å². The number of fused-ring (bicyclic) bond motifs is 1. The molecule has 0 unspecified atom stereocenters. The lowest BCUT2D eigenvalue weighted by Gasteiger charge is -2.32. The van der Waals surface area contributed by atoms with Gasteiger partial charge in [-0.1, -0.05) is 30.3 Å². The van der Waals surface area contributed by atoms with Crippen molar-refractivity contribution < 1.29 is 19.5 Å². The Morgan fingerprint density at radius 2 is 1.63 bits per heavy atom. The number of primary amides is 1. The Morgan fingerprint density at radius 3 is 2.22 bits per heavy atom. The fraction of sp³-hybridized carbons (Fsp3) is 0.250. The van der Waals surface area contributed by atoms with E-state index in [0.717, 1.165) is 0 Å². The summed E-state index contributed by atoms with van der Waals surface area (Å²) in [7, 11) is 1.54. The van der Waals surface area contributed by atoms with E-state index < -0.39 is 23.3 Å². The van der Waals surface area contributed by atoms with E-state index in [2.05, 4.69) is 0 Å². The van der Waals surface area contributed by atoms with Crippen LogP contribution >= 0.6 is 0 Å². The first kappa shape index (κ1) is 18.6. The van der Waals surface area contributed by atoms with Crippen LogP contribution < -0.4 is 15.5 Å². The molecule has 3 amide bonds. The summed E-state index contributed by atoms with van der Waals surface area (Å²) in [5, 5.41) is 10.6. The Morgan fingerprint density at radius 1 is 1.07 bits per heavy atom. The smallest absolute Gasteiger partial charge is 0.258 e. The quantitative estimate of drug-likeness (QED) is 0.849. The molecule has 27 heavy (non-hydrogen) atoms. The summed E-state index contributed by atoms with van der Waals surface area (Å²) < 4.78 is 0. The largest absolute Gasteiger partial charge is 0.379 e. The van der Waals surface area contributed by atoms with Gasteiger partial charge in [0.25, 0.3) is 5.91 Å². The molecule has 3 rings (SSSR count). The van der Waals surface area contributed by atoms with Crippen LogP contribution in [0.5, 0.6) is 0 Å². The molecular weight excluding hydrogens is 346 g/mol. The number of aliphatic hydroxyl groups is 1. The second kappa shape index (κ2) is 6.85. The first-order chi connectivity index (χ1) is 12.7.